The monoisotopic (exact) mass is 317 g/mol. The topological polar surface area (TPSA) is 54.9 Å². The van der Waals surface area contributed by atoms with Crippen molar-refractivity contribution >= 4 is 11.6 Å². The minimum Gasteiger partial charge on any atom is -0.493 e. The maximum absolute atomic E-state index is 13.2. The molecule has 0 bridgehead atoms. The quantitative estimate of drug-likeness (QED) is 0.657. The van der Waals surface area contributed by atoms with Crippen molar-refractivity contribution in [2.24, 2.45) is 4.99 Å². The predicted molar refractivity (Wildman–Crippen MR) is 89.8 cm³/mol. The van der Waals surface area contributed by atoms with E-state index in [0.29, 0.717) is 24.0 Å². The van der Waals surface area contributed by atoms with Gasteiger partial charge in [0.25, 0.3) is 0 Å². The highest BCUT2D eigenvalue weighted by Gasteiger charge is 2.06. The molecule has 6 heteroatoms. The number of nitrogens with zero attached hydrogens (tertiary/aromatic N) is 1. The molecule has 0 aromatic heterocycles. The van der Waals surface area contributed by atoms with E-state index in [9.17, 15) is 4.39 Å². The SMILES string of the molecule is CN=C(NCc1cccc(F)c1)Nc1ccc(OC)c(OC)c1. The van der Waals surface area contributed by atoms with E-state index < -0.39 is 0 Å². The Morgan fingerprint density at radius 1 is 1.09 bits per heavy atom. The molecular formula is C17H20FN3O2. The molecule has 0 fully saturated rings. The number of aliphatic imine (C=N–C) groups is 1. The Morgan fingerprint density at radius 2 is 1.87 bits per heavy atom. The van der Waals surface area contributed by atoms with Gasteiger partial charge in [-0.05, 0) is 29.8 Å². The molecule has 2 N–H and O–H groups in total. The standard InChI is InChI=1S/C17H20FN3O2/c1-19-17(20-11-12-5-4-6-13(18)9-12)21-14-7-8-15(22-2)16(10-14)23-3/h4-10H,11H2,1-3H3,(H2,19,20,21). The number of rotatable bonds is 5. The third kappa shape index (κ3) is 4.60. The summed E-state index contributed by atoms with van der Waals surface area (Å²) in [6.45, 7) is 0.463. The number of hydrogen-bond donors (Lipinski definition) is 2. The van der Waals surface area contributed by atoms with Crippen molar-refractivity contribution in [3.8, 4) is 11.5 Å². The zero-order chi connectivity index (χ0) is 16.7. The highest BCUT2D eigenvalue weighted by atomic mass is 19.1. The molecule has 5 nitrogen and oxygen atoms in total. The van der Waals surface area contributed by atoms with E-state index in [1.165, 1.54) is 12.1 Å². The molecule has 0 saturated heterocycles. The number of methoxy groups -OCH3 is 2. The van der Waals surface area contributed by atoms with Crippen LogP contribution < -0.4 is 20.1 Å². The molecule has 0 aliphatic carbocycles. The van der Waals surface area contributed by atoms with Gasteiger partial charge in [0, 0.05) is 25.3 Å². The van der Waals surface area contributed by atoms with Crippen LogP contribution in [0.2, 0.25) is 0 Å². The van der Waals surface area contributed by atoms with E-state index in [1.807, 2.05) is 18.2 Å². The van der Waals surface area contributed by atoms with Crippen molar-refractivity contribution in [3.63, 3.8) is 0 Å². The van der Waals surface area contributed by atoms with Gasteiger partial charge in [-0.1, -0.05) is 12.1 Å². The number of nitrogens with one attached hydrogen (secondary N) is 2. The number of anilines is 1. The normalized spacial score (nSPS) is 11.0. The van der Waals surface area contributed by atoms with Crippen LogP contribution in [0, 0.1) is 5.82 Å². The molecule has 0 spiro atoms. The van der Waals surface area contributed by atoms with Crippen LogP contribution in [0.5, 0.6) is 11.5 Å². The Balaban J connectivity index is 2.02. The van der Waals surface area contributed by atoms with Crippen LogP contribution in [-0.4, -0.2) is 27.2 Å². The largest absolute Gasteiger partial charge is 0.493 e. The Hall–Kier alpha value is -2.76. The van der Waals surface area contributed by atoms with E-state index >= 15 is 0 Å². The zero-order valence-electron chi connectivity index (χ0n) is 13.4. The van der Waals surface area contributed by atoms with E-state index in [0.717, 1.165) is 11.3 Å². The van der Waals surface area contributed by atoms with Gasteiger partial charge in [-0.2, -0.15) is 0 Å². The molecule has 0 radical (unpaired) electrons. The fourth-order valence-corrected chi connectivity index (χ4v) is 2.06. The Bertz CT molecular complexity index is 689. The molecule has 0 atom stereocenters. The number of guanidine groups is 1. The van der Waals surface area contributed by atoms with Crippen LogP contribution in [0.25, 0.3) is 0 Å². The smallest absolute Gasteiger partial charge is 0.195 e. The van der Waals surface area contributed by atoms with Gasteiger partial charge >= 0.3 is 0 Å². The Labute approximate surface area is 135 Å². The highest BCUT2D eigenvalue weighted by Crippen LogP contribution is 2.29. The summed E-state index contributed by atoms with van der Waals surface area (Å²) in [5.74, 6) is 1.59. The second kappa shape index (κ2) is 8.03. The first-order chi connectivity index (χ1) is 11.2. The molecule has 0 aliphatic rings. The second-order valence-corrected chi connectivity index (χ2v) is 4.75. The van der Waals surface area contributed by atoms with Crippen LogP contribution >= 0.6 is 0 Å². The van der Waals surface area contributed by atoms with Crippen molar-refractivity contribution in [1.82, 2.24) is 5.32 Å². The minimum absolute atomic E-state index is 0.257. The molecule has 23 heavy (non-hydrogen) atoms. The molecule has 0 heterocycles. The second-order valence-electron chi connectivity index (χ2n) is 4.75. The summed E-state index contributed by atoms with van der Waals surface area (Å²) in [6, 6.07) is 11.9. The van der Waals surface area contributed by atoms with Crippen LogP contribution in [0.15, 0.2) is 47.5 Å². The number of benzene rings is 2. The van der Waals surface area contributed by atoms with Crippen molar-refractivity contribution in [2.75, 3.05) is 26.6 Å². The summed E-state index contributed by atoms with van der Waals surface area (Å²) in [5, 5.41) is 6.28. The molecule has 2 aromatic carbocycles. The fourth-order valence-electron chi connectivity index (χ4n) is 2.06. The average Bonchev–Trinajstić information content (AvgIpc) is 2.58. The van der Waals surface area contributed by atoms with E-state index in [4.69, 9.17) is 9.47 Å². The third-order valence-corrected chi connectivity index (χ3v) is 3.22. The van der Waals surface area contributed by atoms with Crippen LogP contribution in [0.1, 0.15) is 5.56 Å². The van der Waals surface area contributed by atoms with Gasteiger partial charge in [0.15, 0.2) is 17.5 Å². The highest BCUT2D eigenvalue weighted by molar-refractivity contribution is 5.93. The van der Waals surface area contributed by atoms with Crippen LogP contribution in [-0.2, 0) is 6.54 Å². The molecule has 0 aliphatic heterocycles. The summed E-state index contributed by atoms with van der Waals surface area (Å²) in [5.41, 5.74) is 1.63. The Kier molecular flexibility index (Phi) is 5.80. The van der Waals surface area contributed by atoms with Crippen molar-refractivity contribution in [2.45, 2.75) is 6.54 Å². The molecular weight excluding hydrogens is 297 g/mol. The van der Waals surface area contributed by atoms with Crippen molar-refractivity contribution in [3.05, 3.63) is 53.8 Å². The van der Waals surface area contributed by atoms with E-state index in [1.54, 1.807) is 33.4 Å². The lowest BCUT2D eigenvalue weighted by Gasteiger charge is -2.14. The van der Waals surface area contributed by atoms with Gasteiger partial charge < -0.3 is 20.1 Å². The number of halogens is 1. The summed E-state index contributed by atoms with van der Waals surface area (Å²) >= 11 is 0. The first-order valence-corrected chi connectivity index (χ1v) is 7.10. The van der Waals surface area contributed by atoms with Gasteiger partial charge in [-0.15, -0.1) is 0 Å². The third-order valence-electron chi connectivity index (χ3n) is 3.22. The van der Waals surface area contributed by atoms with Gasteiger partial charge in [0.2, 0.25) is 0 Å². The van der Waals surface area contributed by atoms with Gasteiger partial charge in [-0.3, -0.25) is 4.99 Å². The lowest BCUT2D eigenvalue weighted by Crippen LogP contribution is -2.30. The molecule has 0 amide bonds. The zero-order valence-corrected chi connectivity index (χ0v) is 13.4. The van der Waals surface area contributed by atoms with E-state index in [2.05, 4.69) is 15.6 Å². The maximum atomic E-state index is 13.2. The predicted octanol–water partition coefficient (Wildman–Crippen LogP) is 3.03. The lowest BCUT2D eigenvalue weighted by atomic mass is 10.2. The molecule has 0 saturated carbocycles. The maximum Gasteiger partial charge on any atom is 0.195 e. The Morgan fingerprint density at radius 3 is 2.52 bits per heavy atom. The number of hydrogen-bond acceptors (Lipinski definition) is 3. The molecule has 0 unspecified atom stereocenters. The molecule has 2 aromatic rings. The first kappa shape index (κ1) is 16.6. The van der Waals surface area contributed by atoms with Crippen molar-refractivity contribution in [1.29, 1.82) is 0 Å². The summed E-state index contributed by atoms with van der Waals surface area (Å²) in [7, 11) is 4.84. The lowest BCUT2D eigenvalue weighted by molar-refractivity contribution is 0.355. The summed E-state index contributed by atoms with van der Waals surface area (Å²) in [4.78, 5) is 4.15. The van der Waals surface area contributed by atoms with Gasteiger partial charge in [0.05, 0.1) is 14.2 Å². The van der Waals surface area contributed by atoms with Crippen LogP contribution in [0.4, 0.5) is 10.1 Å². The van der Waals surface area contributed by atoms with Gasteiger partial charge in [0.1, 0.15) is 5.82 Å². The summed E-state index contributed by atoms with van der Waals surface area (Å²) < 4.78 is 23.6. The fraction of sp³-hybridized carbons (Fsp3) is 0.235. The van der Waals surface area contributed by atoms with Gasteiger partial charge in [-0.25, -0.2) is 4.39 Å². The molecule has 2 rings (SSSR count). The minimum atomic E-state index is -0.257. The summed E-state index contributed by atoms with van der Waals surface area (Å²) in [6.07, 6.45) is 0. The van der Waals surface area contributed by atoms with Crippen molar-refractivity contribution < 1.29 is 13.9 Å². The average molecular weight is 317 g/mol. The number of ether oxygens (including phenoxy) is 2. The first-order valence-electron chi connectivity index (χ1n) is 7.10. The van der Waals surface area contributed by atoms with E-state index in [-0.39, 0.29) is 5.82 Å². The molecule has 122 valence electrons. The van der Waals surface area contributed by atoms with Crippen LogP contribution in [0.3, 0.4) is 0 Å².